The Labute approximate surface area is 77.6 Å². The zero-order chi connectivity index (χ0) is 10.0. The Balaban J connectivity index is 3.41. The monoisotopic (exact) mass is 177 g/mol. The van der Waals surface area contributed by atoms with Crippen molar-refractivity contribution in [1.29, 1.82) is 5.26 Å². The summed E-state index contributed by atoms with van der Waals surface area (Å²) in [6.07, 6.45) is 0. The fourth-order valence-corrected chi connectivity index (χ4v) is 1.20. The number of hydrogen-bond acceptors (Lipinski definition) is 3. The highest BCUT2D eigenvalue weighted by molar-refractivity contribution is 5.65. The molecule has 0 amide bonds. The van der Waals surface area contributed by atoms with Crippen LogP contribution < -0.4 is 15.6 Å². The van der Waals surface area contributed by atoms with Crippen LogP contribution in [0.25, 0.3) is 0 Å². The Morgan fingerprint density at radius 3 is 2.62 bits per heavy atom. The van der Waals surface area contributed by atoms with Gasteiger partial charge >= 0.3 is 0 Å². The van der Waals surface area contributed by atoms with Crippen LogP contribution in [0, 0.1) is 18.3 Å². The molecule has 4 heteroatoms. The van der Waals surface area contributed by atoms with Gasteiger partial charge in [0, 0.05) is 20.2 Å². The van der Waals surface area contributed by atoms with Crippen LogP contribution in [0.3, 0.4) is 0 Å². The van der Waals surface area contributed by atoms with Gasteiger partial charge in [0.25, 0.3) is 5.82 Å². The number of nitriles is 1. The van der Waals surface area contributed by atoms with E-state index >= 15 is 0 Å². The van der Waals surface area contributed by atoms with E-state index in [1.54, 1.807) is 0 Å². The number of pyridine rings is 1. The zero-order valence-corrected chi connectivity index (χ0v) is 8.05. The van der Waals surface area contributed by atoms with E-state index in [0.29, 0.717) is 11.4 Å². The van der Waals surface area contributed by atoms with Crippen molar-refractivity contribution in [2.24, 2.45) is 0 Å². The Morgan fingerprint density at radius 1 is 1.54 bits per heavy atom. The Morgan fingerprint density at radius 2 is 2.15 bits per heavy atom. The van der Waals surface area contributed by atoms with Gasteiger partial charge in [-0.25, -0.2) is 4.98 Å². The molecule has 4 nitrogen and oxygen atoms in total. The van der Waals surface area contributed by atoms with Gasteiger partial charge in [-0.3, -0.25) is 5.73 Å². The van der Waals surface area contributed by atoms with Crippen LogP contribution in [0.5, 0.6) is 0 Å². The maximum Gasteiger partial charge on any atom is 0.290 e. The van der Waals surface area contributed by atoms with Crippen molar-refractivity contribution in [3.8, 4) is 6.07 Å². The molecule has 13 heavy (non-hydrogen) atoms. The normalized spacial score (nSPS) is 9.38. The van der Waals surface area contributed by atoms with Crippen LogP contribution in [0.15, 0.2) is 6.07 Å². The van der Waals surface area contributed by atoms with Crippen LogP contribution >= 0.6 is 0 Å². The van der Waals surface area contributed by atoms with Gasteiger partial charge in [0.2, 0.25) is 0 Å². The second-order valence-corrected chi connectivity index (χ2v) is 3.13. The molecule has 68 valence electrons. The lowest BCUT2D eigenvalue weighted by Gasteiger charge is -2.13. The van der Waals surface area contributed by atoms with E-state index in [-0.39, 0.29) is 0 Å². The number of hydrogen-bond donors (Lipinski definition) is 1. The molecule has 0 aliphatic rings. The minimum atomic E-state index is 0.422. The third kappa shape index (κ3) is 1.70. The van der Waals surface area contributed by atoms with Gasteiger partial charge < -0.3 is 4.90 Å². The Kier molecular flexibility index (Phi) is 2.38. The number of aromatic amines is 1. The second kappa shape index (κ2) is 3.31. The van der Waals surface area contributed by atoms with E-state index in [1.165, 1.54) is 0 Å². The highest BCUT2D eigenvalue weighted by Crippen LogP contribution is 2.20. The van der Waals surface area contributed by atoms with Crippen molar-refractivity contribution < 1.29 is 4.98 Å². The fourth-order valence-electron chi connectivity index (χ4n) is 1.20. The second-order valence-electron chi connectivity index (χ2n) is 3.13. The van der Waals surface area contributed by atoms with E-state index in [0.717, 1.165) is 11.4 Å². The first-order valence-electron chi connectivity index (χ1n) is 3.96. The first-order valence-corrected chi connectivity index (χ1v) is 3.96. The average Bonchev–Trinajstić information content (AvgIpc) is 2.02. The van der Waals surface area contributed by atoms with Crippen LogP contribution in [-0.4, -0.2) is 14.1 Å². The molecule has 0 radical (unpaired) electrons. The summed E-state index contributed by atoms with van der Waals surface area (Å²) in [4.78, 5) is 4.78. The molecule has 0 saturated heterocycles. The highest BCUT2D eigenvalue weighted by atomic mass is 15.1. The molecular weight excluding hydrogens is 164 g/mol. The van der Waals surface area contributed by atoms with E-state index in [1.807, 2.05) is 32.0 Å². The molecule has 0 spiro atoms. The number of rotatable bonds is 1. The number of nitrogens with one attached hydrogen (secondary N) is 1. The first kappa shape index (κ1) is 9.33. The van der Waals surface area contributed by atoms with Crippen molar-refractivity contribution in [3.05, 3.63) is 17.3 Å². The van der Waals surface area contributed by atoms with Crippen molar-refractivity contribution in [1.82, 2.24) is 0 Å². The minimum Gasteiger partial charge on any atom is -0.376 e. The van der Waals surface area contributed by atoms with Crippen molar-refractivity contribution >= 4 is 11.5 Å². The number of H-pyrrole nitrogens is 1. The molecule has 0 saturated carbocycles. The summed E-state index contributed by atoms with van der Waals surface area (Å²) in [6, 6.07) is 3.97. The number of aryl methyl sites for hydroxylation is 1. The van der Waals surface area contributed by atoms with Crippen LogP contribution in [0.2, 0.25) is 0 Å². The molecule has 1 aromatic rings. The lowest BCUT2D eigenvalue weighted by molar-refractivity contribution is -0.370. The lowest BCUT2D eigenvalue weighted by Crippen LogP contribution is -2.20. The molecule has 1 aromatic heterocycles. The highest BCUT2D eigenvalue weighted by Gasteiger charge is 2.13. The molecule has 0 aromatic carbocycles. The van der Waals surface area contributed by atoms with Crippen molar-refractivity contribution in [3.63, 3.8) is 0 Å². The van der Waals surface area contributed by atoms with Gasteiger partial charge in [-0.2, -0.15) is 5.26 Å². The molecule has 3 N–H and O–H groups in total. The number of anilines is 2. The van der Waals surface area contributed by atoms with Crippen molar-refractivity contribution in [2.45, 2.75) is 6.92 Å². The van der Waals surface area contributed by atoms with Gasteiger partial charge in [-0.05, 0) is 6.92 Å². The van der Waals surface area contributed by atoms with Crippen LogP contribution in [0.4, 0.5) is 11.5 Å². The molecule has 0 fully saturated rings. The van der Waals surface area contributed by atoms with Crippen LogP contribution in [-0.2, 0) is 0 Å². The summed E-state index contributed by atoms with van der Waals surface area (Å²) in [7, 11) is 3.77. The zero-order valence-electron chi connectivity index (χ0n) is 8.05. The first-order chi connectivity index (χ1) is 6.06. The van der Waals surface area contributed by atoms with Crippen molar-refractivity contribution in [2.75, 3.05) is 24.7 Å². The number of aromatic nitrogens is 1. The number of nitrogen functional groups attached to an aromatic ring is 1. The van der Waals surface area contributed by atoms with Gasteiger partial charge in [0.1, 0.15) is 11.8 Å². The summed E-state index contributed by atoms with van der Waals surface area (Å²) in [5.41, 5.74) is 7.95. The van der Waals surface area contributed by atoms with E-state index < -0.39 is 0 Å². The predicted molar refractivity (Wildman–Crippen MR) is 51.2 cm³/mol. The molecular formula is C9H13N4+. The minimum absolute atomic E-state index is 0.422. The molecule has 0 atom stereocenters. The SMILES string of the molecule is Cc1cc(N(C)C)c(C#N)c(N)[nH+]1. The maximum atomic E-state index is 8.86. The van der Waals surface area contributed by atoms with E-state index in [4.69, 9.17) is 11.0 Å². The summed E-state index contributed by atoms with van der Waals surface area (Å²) in [5.74, 6) is 0.422. The summed E-state index contributed by atoms with van der Waals surface area (Å²) >= 11 is 0. The third-order valence-corrected chi connectivity index (χ3v) is 1.80. The van der Waals surface area contributed by atoms with Gasteiger partial charge in [-0.1, -0.05) is 0 Å². The molecule has 1 heterocycles. The molecule has 1 rings (SSSR count). The smallest absolute Gasteiger partial charge is 0.290 e. The summed E-state index contributed by atoms with van der Waals surface area (Å²) in [6.45, 7) is 1.91. The van der Waals surface area contributed by atoms with E-state index in [9.17, 15) is 0 Å². The Bertz CT molecular complexity index is 363. The number of nitrogens with zero attached hydrogens (tertiary/aromatic N) is 2. The Hall–Kier alpha value is -1.76. The molecule has 0 bridgehead atoms. The van der Waals surface area contributed by atoms with Gasteiger partial charge in [0.05, 0.1) is 5.69 Å². The molecule has 0 unspecified atom stereocenters. The topological polar surface area (TPSA) is 67.2 Å². The predicted octanol–water partition coefficient (Wildman–Crippen LogP) is 0.329. The average molecular weight is 177 g/mol. The van der Waals surface area contributed by atoms with Gasteiger partial charge in [-0.15, -0.1) is 0 Å². The van der Waals surface area contributed by atoms with Crippen LogP contribution in [0.1, 0.15) is 11.3 Å². The quantitative estimate of drug-likeness (QED) is 0.672. The molecule has 0 aliphatic heterocycles. The summed E-state index contributed by atoms with van der Waals surface area (Å²) in [5, 5.41) is 8.86. The number of nitrogens with two attached hydrogens (primary N) is 1. The maximum absolute atomic E-state index is 8.86. The largest absolute Gasteiger partial charge is 0.376 e. The lowest BCUT2D eigenvalue weighted by atomic mass is 10.2. The summed E-state index contributed by atoms with van der Waals surface area (Å²) < 4.78 is 0. The van der Waals surface area contributed by atoms with Gasteiger partial charge in [0.15, 0.2) is 5.56 Å². The van der Waals surface area contributed by atoms with E-state index in [2.05, 4.69) is 11.1 Å². The third-order valence-electron chi connectivity index (χ3n) is 1.80. The molecule has 0 aliphatic carbocycles. The standard InChI is InChI=1S/C9H12N4/c1-6-4-8(13(2)3)7(5-10)9(11)12-6/h4H,1-3H3,(H2,11,12)/p+1. The fraction of sp³-hybridized carbons (Fsp3) is 0.333.